The molecule has 0 fully saturated rings. The zero-order chi connectivity index (χ0) is 16.2. The molecule has 2 rings (SSSR count). The molecule has 2 aromatic rings. The Hall–Kier alpha value is -1.66. The summed E-state index contributed by atoms with van der Waals surface area (Å²) >= 11 is 0. The van der Waals surface area contributed by atoms with Crippen LogP contribution in [0.15, 0.2) is 35.4 Å². The van der Waals surface area contributed by atoms with Crippen LogP contribution in [0.3, 0.4) is 0 Å². The van der Waals surface area contributed by atoms with Gasteiger partial charge in [0.1, 0.15) is 11.3 Å². The van der Waals surface area contributed by atoms with Crippen LogP contribution >= 0.6 is 0 Å². The number of pyridine rings is 1. The molecule has 0 atom stereocenters. The Morgan fingerprint density at radius 2 is 1.82 bits per heavy atom. The molecule has 1 aromatic heterocycles. The Balaban J connectivity index is 2.63. The van der Waals surface area contributed by atoms with Crippen LogP contribution in [0.25, 0.3) is 10.9 Å². The summed E-state index contributed by atoms with van der Waals surface area (Å²) in [6, 6.07) is 6.79. The highest BCUT2D eigenvalue weighted by molar-refractivity contribution is 7.89. The summed E-state index contributed by atoms with van der Waals surface area (Å²) in [7, 11) is -1.99. The first-order valence-corrected chi connectivity index (χ1v) is 8.92. The van der Waals surface area contributed by atoms with E-state index in [1.54, 1.807) is 41.9 Å². The fourth-order valence-corrected chi connectivity index (χ4v) is 4.31. The Morgan fingerprint density at radius 3 is 2.41 bits per heavy atom. The van der Waals surface area contributed by atoms with Gasteiger partial charge in [0, 0.05) is 24.7 Å². The first-order chi connectivity index (χ1) is 10.6. The number of rotatable bonds is 7. The molecule has 0 aliphatic heterocycles. The fraction of sp³-hybridized carbons (Fsp3) is 0.438. The Bertz CT molecular complexity index is 738. The number of methoxy groups -OCH3 is 1. The molecule has 0 N–H and O–H groups in total. The molecule has 0 radical (unpaired) electrons. The van der Waals surface area contributed by atoms with E-state index in [0.717, 1.165) is 12.8 Å². The van der Waals surface area contributed by atoms with Crippen LogP contribution in [-0.2, 0) is 10.0 Å². The lowest BCUT2D eigenvalue weighted by atomic mass is 10.2. The van der Waals surface area contributed by atoms with E-state index in [2.05, 4.69) is 4.98 Å². The van der Waals surface area contributed by atoms with Crippen molar-refractivity contribution < 1.29 is 13.2 Å². The number of hydrogen-bond donors (Lipinski definition) is 0. The Labute approximate surface area is 132 Å². The van der Waals surface area contributed by atoms with Gasteiger partial charge < -0.3 is 4.74 Å². The third-order valence-electron chi connectivity index (χ3n) is 3.48. The molecule has 0 bridgehead atoms. The number of nitrogens with zero attached hydrogens (tertiary/aromatic N) is 2. The second-order valence-corrected chi connectivity index (χ2v) is 6.98. The summed E-state index contributed by atoms with van der Waals surface area (Å²) < 4.78 is 32.8. The topological polar surface area (TPSA) is 59.5 Å². The van der Waals surface area contributed by atoms with Gasteiger partial charge in [0.2, 0.25) is 10.0 Å². The third kappa shape index (κ3) is 3.08. The minimum absolute atomic E-state index is 0.290. The maximum atomic E-state index is 13.0. The summed E-state index contributed by atoms with van der Waals surface area (Å²) in [5, 5.41) is 0.596. The standard InChI is InChI=1S/C16H22N2O3S/c1-4-11-18(12-5-2)22(19,20)15-9-8-14(21-3)16-13(15)7-6-10-17-16/h6-10H,4-5,11-12H2,1-3H3. The molecule has 22 heavy (non-hydrogen) atoms. The lowest BCUT2D eigenvalue weighted by molar-refractivity contribution is 0.409. The van der Waals surface area contributed by atoms with Gasteiger partial charge in [-0.1, -0.05) is 13.8 Å². The summed E-state index contributed by atoms with van der Waals surface area (Å²) in [6.07, 6.45) is 3.20. The summed E-state index contributed by atoms with van der Waals surface area (Å²) in [5.41, 5.74) is 0.569. The fourth-order valence-electron chi connectivity index (χ4n) is 2.50. The predicted molar refractivity (Wildman–Crippen MR) is 87.6 cm³/mol. The van der Waals surface area contributed by atoms with Gasteiger partial charge >= 0.3 is 0 Å². The Kier molecular flexibility index (Phi) is 5.37. The van der Waals surface area contributed by atoms with Crippen molar-refractivity contribution in [2.75, 3.05) is 20.2 Å². The van der Waals surface area contributed by atoms with Crippen molar-refractivity contribution in [3.63, 3.8) is 0 Å². The molecule has 0 unspecified atom stereocenters. The van der Waals surface area contributed by atoms with Crippen molar-refractivity contribution in [3.8, 4) is 5.75 Å². The number of ether oxygens (including phenoxy) is 1. The highest BCUT2D eigenvalue weighted by Gasteiger charge is 2.26. The second-order valence-electron chi connectivity index (χ2n) is 5.07. The Morgan fingerprint density at radius 1 is 1.14 bits per heavy atom. The van der Waals surface area contributed by atoms with Gasteiger partial charge in [-0.25, -0.2) is 8.42 Å². The lowest BCUT2D eigenvalue weighted by Crippen LogP contribution is -2.32. The molecule has 5 nitrogen and oxygen atoms in total. The van der Waals surface area contributed by atoms with E-state index in [1.165, 1.54) is 0 Å². The van der Waals surface area contributed by atoms with Crippen LogP contribution in [-0.4, -0.2) is 37.9 Å². The smallest absolute Gasteiger partial charge is 0.243 e. The maximum absolute atomic E-state index is 13.0. The number of fused-ring (bicyclic) bond motifs is 1. The predicted octanol–water partition coefficient (Wildman–Crippen LogP) is 3.05. The molecule has 1 heterocycles. The average molecular weight is 322 g/mol. The number of hydrogen-bond acceptors (Lipinski definition) is 4. The van der Waals surface area contributed by atoms with Crippen molar-refractivity contribution in [2.45, 2.75) is 31.6 Å². The molecule has 0 saturated heterocycles. The average Bonchev–Trinajstić information content (AvgIpc) is 2.53. The maximum Gasteiger partial charge on any atom is 0.243 e. The van der Waals surface area contributed by atoms with Crippen LogP contribution in [0.1, 0.15) is 26.7 Å². The largest absolute Gasteiger partial charge is 0.494 e. The highest BCUT2D eigenvalue weighted by atomic mass is 32.2. The van der Waals surface area contributed by atoms with Crippen molar-refractivity contribution in [1.29, 1.82) is 0 Å². The second kappa shape index (κ2) is 7.07. The third-order valence-corrected chi connectivity index (χ3v) is 5.43. The van der Waals surface area contributed by atoms with E-state index in [0.29, 0.717) is 34.6 Å². The molecule has 1 aromatic carbocycles. The van der Waals surface area contributed by atoms with Gasteiger partial charge in [0.15, 0.2) is 0 Å². The van der Waals surface area contributed by atoms with Crippen LogP contribution < -0.4 is 4.74 Å². The number of benzene rings is 1. The summed E-state index contributed by atoms with van der Waals surface area (Å²) in [6.45, 7) is 4.99. The SMILES string of the molecule is CCCN(CCC)S(=O)(=O)c1ccc(OC)c2ncccc12. The van der Waals surface area contributed by atoms with Crippen LogP contribution in [0.5, 0.6) is 5.75 Å². The quantitative estimate of drug-likeness (QED) is 0.786. The molecule has 0 aliphatic rings. The normalized spacial score (nSPS) is 12.0. The van der Waals surface area contributed by atoms with Crippen LogP contribution in [0, 0.1) is 0 Å². The van der Waals surface area contributed by atoms with Gasteiger partial charge in [0.05, 0.1) is 12.0 Å². The van der Waals surface area contributed by atoms with E-state index in [4.69, 9.17) is 4.74 Å². The van der Waals surface area contributed by atoms with Gasteiger partial charge in [0.25, 0.3) is 0 Å². The van der Waals surface area contributed by atoms with Crippen LogP contribution in [0.4, 0.5) is 0 Å². The van der Waals surface area contributed by atoms with E-state index >= 15 is 0 Å². The molecule has 6 heteroatoms. The lowest BCUT2D eigenvalue weighted by Gasteiger charge is -2.22. The molecular weight excluding hydrogens is 300 g/mol. The summed E-state index contributed by atoms with van der Waals surface area (Å²) in [5.74, 6) is 0.576. The van der Waals surface area contributed by atoms with Gasteiger partial charge in [-0.3, -0.25) is 4.98 Å². The van der Waals surface area contributed by atoms with E-state index < -0.39 is 10.0 Å². The van der Waals surface area contributed by atoms with Crippen LogP contribution in [0.2, 0.25) is 0 Å². The van der Waals surface area contributed by atoms with Gasteiger partial charge in [-0.2, -0.15) is 4.31 Å². The monoisotopic (exact) mass is 322 g/mol. The van der Waals surface area contributed by atoms with E-state index in [9.17, 15) is 8.42 Å². The molecule has 0 saturated carbocycles. The van der Waals surface area contributed by atoms with Gasteiger partial charge in [-0.05, 0) is 37.1 Å². The minimum atomic E-state index is -3.54. The molecule has 0 amide bonds. The van der Waals surface area contributed by atoms with Crippen molar-refractivity contribution in [3.05, 3.63) is 30.5 Å². The number of sulfonamides is 1. The number of aromatic nitrogens is 1. The molecular formula is C16H22N2O3S. The zero-order valence-corrected chi connectivity index (χ0v) is 14.1. The van der Waals surface area contributed by atoms with E-state index in [1.807, 2.05) is 13.8 Å². The molecule has 0 aliphatic carbocycles. The summed E-state index contributed by atoms with van der Waals surface area (Å²) in [4.78, 5) is 4.56. The minimum Gasteiger partial charge on any atom is -0.494 e. The first kappa shape index (κ1) is 16.7. The zero-order valence-electron chi connectivity index (χ0n) is 13.2. The highest BCUT2D eigenvalue weighted by Crippen LogP contribution is 2.31. The van der Waals surface area contributed by atoms with Crippen molar-refractivity contribution >= 4 is 20.9 Å². The van der Waals surface area contributed by atoms with Crippen molar-refractivity contribution in [1.82, 2.24) is 9.29 Å². The molecule has 0 spiro atoms. The molecule has 120 valence electrons. The van der Waals surface area contributed by atoms with Gasteiger partial charge in [-0.15, -0.1) is 0 Å². The first-order valence-electron chi connectivity index (χ1n) is 7.48. The van der Waals surface area contributed by atoms with Crippen molar-refractivity contribution in [2.24, 2.45) is 0 Å². The van der Waals surface area contributed by atoms with E-state index in [-0.39, 0.29) is 0 Å².